The van der Waals surface area contributed by atoms with Crippen molar-refractivity contribution in [3.8, 4) is 0 Å². The van der Waals surface area contributed by atoms with E-state index in [1.54, 1.807) is 0 Å². The van der Waals surface area contributed by atoms with Crippen LogP contribution in [0.1, 0.15) is 41.6 Å². The summed E-state index contributed by atoms with van der Waals surface area (Å²) in [5.74, 6) is 0.798. The SMILES string of the molecule is CCCc1nc2c(c(=O)[nH]1)CN(Cc1cc3cccc(C)c3nc1Cl)CC2. The number of nitrogens with one attached hydrogen (secondary N) is 1. The minimum absolute atomic E-state index is 0.00786. The molecule has 3 aromatic rings. The van der Waals surface area contributed by atoms with E-state index >= 15 is 0 Å². The van der Waals surface area contributed by atoms with Crippen LogP contribution in [-0.4, -0.2) is 26.4 Å². The van der Waals surface area contributed by atoms with E-state index in [-0.39, 0.29) is 5.56 Å². The standard InChI is InChI=1S/C21H23ClN4O/c1-3-5-18-23-17-8-9-26(12-16(17)21(27)24-18)11-15-10-14-7-4-6-13(2)19(14)25-20(15)22/h4,6-7,10H,3,5,8-9,11-12H2,1-2H3,(H,23,24,27). The zero-order valence-electron chi connectivity index (χ0n) is 15.7. The normalized spacial score (nSPS) is 14.5. The van der Waals surface area contributed by atoms with Gasteiger partial charge in [-0.25, -0.2) is 9.97 Å². The number of fused-ring (bicyclic) bond motifs is 2. The van der Waals surface area contributed by atoms with E-state index in [1.807, 2.05) is 19.1 Å². The van der Waals surface area contributed by atoms with Crippen molar-refractivity contribution < 1.29 is 0 Å². The predicted octanol–water partition coefficient (Wildman–Crippen LogP) is 3.79. The van der Waals surface area contributed by atoms with Crippen LogP contribution in [0, 0.1) is 6.92 Å². The third-order valence-electron chi connectivity index (χ3n) is 5.15. The molecule has 4 rings (SSSR count). The zero-order chi connectivity index (χ0) is 19.0. The smallest absolute Gasteiger partial charge is 0.255 e. The molecule has 0 saturated carbocycles. The Kier molecular flexibility index (Phi) is 4.98. The van der Waals surface area contributed by atoms with Crippen LogP contribution < -0.4 is 5.56 Å². The third-order valence-corrected chi connectivity index (χ3v) is 5.48. The number of nitrogens with zero attached hydrogens (tertiary/aromatic N) is 3. The van der Waals surface area contributed by atoms with Crippen LogP contribution in [-0.2, 0) is 25.9 Å². The average molecular weight is 383 g/mol. The summed E-state index contributed by atoms with van der Waals surface area (Å²) < 4.78 is 0. The van der Waals surface area contributed by atoms with E-state index in [4.69, 9.17) is 11.6 Å². The van der Waals surface area contributed by atoms with Crippen molar-refractivity contribution in [2.24, 2.45) is 0 Å². The molecule has 5 nitrogen and oxygen atoms in total. The van der Waals surface area contributed by atoms with E-state index in [0.29, 0.717) is 18.2 Å². The average Bonchev–Trinajstić information content (AvgIpc) is 2.64. The lowest BCUT2D eigenvalue weighted by Gasteiger charge is -2.28. The molecule has 0 bridgehead atoms. The molecule has 0 fully saturated rings. The summed E-state index contributed by atoms with van der Waals surface area (Å²) in [5, 5.41) is 1.63. The van der Waals surface area contributed by atoms with Gasteiger partial charge in [-0.3, -0.25) is 9.69 Å². The van der Waals surface area contributed by atoms with Crippen LogP contribution in [0.25, 0.3) is 10.9 Å². The van der Waals surface area contributed by atoms with Crippen LogP contribution in [0.5, 0.6) is 0 Å². The zero-order valence-corrected chi connectivity index (χ0v) is 16.4. The summed E-state index contributed by atoms with van der Waals surface area (Å²) in [7, 11) is 0. The van der Waals surface area contributed by atoms with Gasteiger partial charge in [0.05, 0.1) is 16.8 Å². The first kappa shape index (κ1) is 18.1. The number of halogens is 1. The summed E-state index contributed by atoms with van der Waals surface area (Å²) in [6.45, 7) is 6.25. The second kappa shape index (κ2) is 7.41. The molecule has 0 unspecified atom stereocenters. The maximum Gasteiger partial charge on any atom is 0.255 e. The number of aromatic nitrogens is 3. The van der Waals surface area contributed by atoms with Gasteiger partial charge in [-0.1, -0.05) is 36.7 Å². The van der Waals surface area contributed by atoms with Gasteiger partial charge >= 0.3 is 0 Å². The minimum atomic E-state index is -0.00786. The summed E-state index contributed by atoms with van der Waals surface area (Å²) in [6.07, 6.45) is 2.57. The van der Waals surface area contributed by atoms with Crippen molar-refractivity contribution >= 4 is 22.5 Å². The monoisotopic (exact) mass is 382 g/mol. The maximum atomic E-state index is 12.5. The molecule has 140 valence electrons. The first-order valence-corrected chi connectivity index (χ1v) is 9.81. The molecule has 0 radical (unpaired) electrons. The lowest BCUT2D eigenvalue weighted by molar-refractivity contribution is 0.241. The van der Waals surface area contributed by atoms with Crippen molar-refractivity contribution in [3.63, 3.8) is 0 Å². The topological polar surface area (TPSA) is 61.9 Å². The van der Waals surface area contributed by atoms with Gasteiger partial charge in [0.15, 0.2) is 0 Å². The fourth-order valence-corrected chi connectivity index (χ4v) is 3.94. The highest BCUT2D eigenvalue weighted by Gasteiger charge is 2.22. The molecule has 0 atom stereocenters. The number of hydrogen-bond acceptors (Lipinski definition) is 4. The van der Waals surface area contributed by atoms with E-state index in [9.17, 15) is 4.79 Å². The van der Waals surface area contributed by atoms with Crippen molar-refractivity contribution in [3.05, 3.63) is 68.0 Å². The predicted molar refractivity (Wildman–Crippen MR) is 108 cm³/mol. The Labute approximate surface area is 163 Å². The molecule has 1 aliphatic rings. The van der Waals surface area contributed by atoms with Crippen LogP contribution in [0.15, 0.2) is 29.1 Å². The number of benzene rings is 1. The van der Waals surface area contributed by atoms with Crippen LogP contribution >= 0.6 is 11.6 Å². The second-order valence-corrected chi connectivity index (χ2v) is 7.59. The molecule has 3 heterocycles. The number of para-hydroxylation sites is 1. The number of pyridine rings is 1. The molecule has 1 aliphatic heterocycles. The van der Waals surface area contributed by atoms with E-state index < -0.39 is 0 Å². The van der Waals surface area contributed by atoms with Gasteiger partial charge in [-0.05, 0) is 25.0 Å². The van der Waals surface area contributed by atoms with Gasteiger partial charge < -0.3 is 4.98 Å². The molecular weight excluding hydrogens is 360 g/mol. The van der Waals surface area contributed by atoms with Crippen molar-refractivity contribution in [1.29, 1.82) is 0 Å². The molecule has 27 heavy (non-hydrogen) atoms. The Morgan fingerprint density at radius 3 is 2.96 bits per heavy atom. The molecule has 0 saturated heterocycles. The summed E-state index contributed by atoms with van der Waals surface area (Å²) >= 11 is 6.46. The lowest BCUT2D eigenvalue weighted by Crippen LogP contribution is -2.35. The molecule has 1 N–H and O–H groups in total. The van der Waals surface area contributed by atoms with Crippen LogP contribution in [0.2, 0.25) is 5.15 Å². The van der Waals surface area contributed by atoms with Crippen molar-refractivity contribution in [2.45, 2.75) is 46.2 Å². The molecular formula is C21H23ClN4O. The summed E-state index contributed by atoms with van der Waals surface area (Å²) in [4.78, 5) is 26.9. The second-order valence-electron chi connectivity index (χ2n) is 7.23. The molecule has 0 amide bonds. The fourth-order valence-electron chi connectivity index (χ4n) is 3.74. The number of H-pyrrole nitrogens is 1. The number of aryl methyl sites for hydroxylation is 2. The van der Waals surface area contributed by atoms with Crippen molar-refractivity contribution in [1.82, 2.24) is 19.9 Å². The highest BCUT2D eigenvalue weighted by atomic mass is 35.5. The summed E-state index contributed by atoms with van der Waals surface area (Å²) in [5.41, 5.74) is 4.77. The highest BCUT2D eigenvalue weighted by Crippen LogP contribution is 2.25. The maximum absolute atomic E-state index is 12.5. The van der Waals surface area contributed by atoms with Gasteiger partial charge in [0, 0.05) is 43.4 Å². The largest absolute Gasteiger partial charge is 0.310 e. The number of aromatic amines is 1. The third kappa shape index (κ3) is 3.62. The first-order valence-electron chi connectivity index (χ1n) is 9.43. The van der Waals surface area contributed by atoms with Gasteiger partial charge in [0.2, 0.25) is 0 Å². The fraction of sp³-hybridized carbons (Fsp3) is 0.381. The van der Waals surface area contributed by atoms with Gasteiger partial charge in [-0.15, -0.1) is 0 Å². The number of rotatable bonds is 4. The Morgan fingerprint density at radius 2 is 2.15 bits per heavy atom. The first-order chi connectivity index (χ1) is 13.0. The van der Waals surface area contributed by atoms with E-state index in [0.717, 1.165) is 64.9 Å². The Bertz CT molecular complexity index is 1060. The van der Waals surface area contributed by atoms with E-state index in [2.05, 4.69) is 38.9 Å². The molecule has 6 heteroatoms. The van der Waals surface area contributed by atoms with Gasteiger partial charge in [-0.2, -0.15) is 0 Å². The quantitative estimate of drug-likeness (QED) is 0.697. The van der Waals surface area contributed by atoms with Crippen LogP contribution in [0.3, 0.4) is 0 Å². The minimum Gasteiger partial charge on any atom is -0.310 e. The van der Waals surface area contributed by atoms with Crippen molar-refractivity contribution in [2.75, 3.05) is 6.54 Å². The Morgan fingerprint density at radius 1 is 1.30 bits per heavy atom. The van der Waals surface area contributed by atoms with E-state index in [1.165, 1.54) is 0 Å². The van der Waals surface area contributed by atoms with Gasteiger partial charge in [0.25, 0.3) is 5.56 Å². The molecule has 1 aromatic carbocycles. The van der Waals surface area contributed by atoms with Crippen LogP contribution in [0.4, 0.5) is 0 Å². The highest BCUT2D eigenvalue weighted by molar-refractivity contribution is 6.30. The Hall–Kier alpha value is -2.24. The molecule has 0 aliphatic carbocycles. The number of hydrogen-bond donors (Lipinski definition) is 1. The summed E-state index contributed by atoms with van der Waals surface area (Å²) in [6, 6.07) is 8.25. The Balaban J connectivity index is 1.59. The lowest BCUT2D eigenvalue weighted by atomic mass is 10.0. The molecule has 0 spiro atoms. The molecule has 2 aromatic heterocycles. The van der Waals surface area contributed by atoms with Gasteiger partial charge in [0.1, 0.15) is 11.0 Å².